The van der Waals surface area contributed by atoms with E-state index in [1.54, 1.807) is 6.92 Å². The van der Waals surface area contributed by atoms with Gasteiger partial charge in [0, 0.05) is 12.0 Å². The van der Waals surface area contributed by atoms with Gasteiger partial charge >= 0.3 is 0 Å². The first-order chi connectivity index (χ1) is 6.59. The highest BCUT2D eigenvalue weighted by molar-refractivity contribution is 5.93. The summed E-state index contributed by atoms with van der Waals surface area (Å²) in [6.07, 6.45) is 1.13. The van der Waals surface area contributed by atoms with Crippen LogP contribution in [0.3, 0.4) is 0 Å². The van der Waals surface area contributed by atoms with Gasteiger partial charge in [-0.25, -0.2) is 4.98 Å². The molecule has 0 fully saturated rings. The Hall–Kier alpha value is -1.58. The normalized spacial score (nSPS) is 14.9. The molecule has 0 aromatic carbocycles. The van der Waals surface area contributed by atoms with Crippen LogP contribution in [0.25, 0.3) is 0 Å². The maximum atomic E-state index is 11.1. The minimum Gasteiger partial charge on any atom is -0.506 e. The van der Waals surface area contributed by atoms with Crippen LogP contribution < -0.4 is 5.32 Å². The van der Waals surface area contributed by atoms with Crippen LogP contribution >= 0.6 is 0 Å². The Labute approximate surface area is 82.0 Å². The summed E-state index contributed by atoms with van der Waals surface area (Å²) in [5.74, 6) is 0.837. The van der Waals surface area contributed by atoms with E-state index in [2.05, 4.69) is 10.3 Å². The SMILES string of the molecule is Cc1nc2c(c(C)c1O)CCC(=O)N2. The molecule has 2 N–H and O–H groups in total. The third-order valence-electron chi connectivity index (χ3n) is 2.58. The summed E-state index contributed by atoms with van der Waals surface area (Å²) in [6.45, 7) is 3.57. The molecule has 0 atom stereocenters. The highest BCUT2D eigenvalue weighted by Crippen LogP contribution is 2.31. The van der Waals surface area contributed by atoms with E-state index in [1.165, 1.54) is 0 Å². The van der Waals surface area contributed by atoms with E-state index < -0.39 is 0 Å². The number of hydrogen-bond acceptors (Lipinski definition) is 3. The highest BCUT2D eigenvalue weighted by Gasteiger charge is 2.20. The lowest BCUT2D eigenvalue weighted by molar-refractivity contribution is -0.116. The zero-order valence-corrected chi connectivity index (χ0v) is 8.22. The fourth-order valence-corrected chi connectivity index (χ4v) is 1.72. The third-order valence-corrected chi connectivity index (χ3v) is 2.58. The molecule has 0 radical (unpaired) electrons. The number of anilines is 1. The first-order valence-corrected chi connectivity index (χ1v) is 4.58. The molecule has 0 bridgehead atoms. The van der Waals surface area contributed by atoms with E-state index in [0.29, 0.717) is 24.4 Å². The minimum atomic E-state index is -0.00510. The van der Waals surface area contributed by atoms with Gasteiger partial charge < -0.3 is 10.4 Å². The number of carbonyl (C=O) groups excluding carboxylic acids is 1. The molecule has 0 spiro atoms. The number of aromatic nitrogens is 1. The number of pyridine rings is 1. The maximum Gasteiger partial charge on any atom is 0.225 e. The average Bonchev–Trinajstić information content (AvgIpc) is 2.14. The first kappa shape index (κ1) is 8.99. The average molecular weight is 192 g/mol. The predicted molar refractivity (Wildman–Crippen MR) is 52.3 cm³/mol. The minimum absolute atomic E-state index is 0.00510. The quantitative estimate of drug-likeness (QED) is 0.651. The Bertz CT molecular complexity index is 413. The second-order valence-corrected chi connectivity index (χ2v) is 3.55. The molecular formula is C10H12N2O2. The van der Waals surface area contributed by atoms with Crippen molar-refractivity contribution >= 4 is 11.7 Å². The second kappa shape index (κ2) is 2.97. The number of amides is 1. The summed E-state index contributed by atoms with van der Waals surface area (Å²) in [5.41, 5.74) is 2.34. The zero-order valence-electron chi connectivity index (χ0n) is 8.22. The molecule has 0 saturated carbocycles. The summed E-state index contributed by atoms with van der Waals surface area (Å²) in [6, 6.07) is 0. The second-order valence-electron chi connectivity index (χ2n) is 3.55. The van der Waals surface area contributed by atoms with Gasteiger partial charge in [-0.05, 0) is 25.8 Å². The Morgan fingerprint density at radius 3 is 2.79 bits per heavy atom. The number of aromatic hydroxyl groups is 1. The number of fused-ring (bicyclic) bond motifs is 1. The molecule has 14 heavy (non-hydrogen) atoms. The predicted octanol–water partition coefficient (Wildman–Crippen LogP) is 1.29. The molecule has 0 saturated heterocycles. The molecule has 0 unspecified atom stereocenters. The molecule has 0 aliphatic carbocycles. The lowest BCUT2D eigenvalue weighted by Crippen LogP contribution is -2.21. The van der Waals surface area contributed by atoms with E-state index in [9.17, 15) is 9.90 Å². The molecule has 4 heteroatoms. The number of aryl methyl sites for hydroxylation is 1. The molecule has 1 aliphatic rings. The van der Waals surface area contributed by atoms with Gasteiger partial charge in [-0.1, -0.05) is 0 Å². The van der Waals surface area contributed by atoms with Gasteiger partial charge in [0.15, 0.2) is 0 Å². The van der Waals surface area contributed by atoms with Crippen LogP contribution in [0.5, 0.6) is 5.75 Å². The molecule has 4 nitrogen and oxygen atoms in total. The van der Waals surface area contributed by atoms with Gasteiger partial charge in [0.25, 0.3) is 0 Å². The van der Waals surface area contributed by atoms with Crippen LogP contribution in [0, 0.1) is 13.8 Å². The highest BCUT2D eigenvalue weighted by atomic mass is 16.3. The summed E-state index contributed by atoms with van der Waals surface area (Å²) in [4.78, 5) is 15.3. The summed E-state index contributed by atoms with van der Waals surface area (Å²) < 4.78 is 0. The number of carbonyl (C=O) groups is 1. The van der Waals surface area contributed by atoms with Crippen molar-refractivity contribution in [1.82, 2.24) is 4.98 Å². The van der Waals surface area contributed by atoms with Gasteiger partial charge in [0.1, 0.15) is 11.6 Å². The monoisotopic (exact) mass is 192 g/mol. The Morgan fingerprint density at radius 1 is 1.36 bits per heavy atom. The van der Waals surface area contributed by atoms with Gasteiger partial charge in [0.2, 0.25) is 5.91 Å². The van der Waals surface area contributed by atoms with Gasteiger partial charge in [-0.3, -0.25) is 4.79 Å². The van der Waals surface area contributed by atoms with Gasteiger partial charge in [0.05, 0.1) is 5.69 Å². The van der Waals surface area contributed by atoms with Crippen LogP contribution in [0.1, 0.15) is 23.2 Å². The van der Waals surface area contributed by atoms with Crippen molar-refractivity contribution in [2.75, 3.05) is 5.32 Å². The topological polar surface area (TPSA) is 62.2 Å². The zero-order chi connectivity index (χ0) is 10.3. The molecule has 1 aromatic heterocycles. The number of hydrogen-bond donors (Lipinski definition) is 2. The number of rotatable bonds is 0. The van der Waals surface area contributed by atoms with E-state index in [4.69, 9.17) is 0 Å². The Kier molecular flexibility index (Phi) is 1.91. The van der Waals surface area contributed by atoms with Crippen molar-refractivity contribution in [2.24, 2.45) is 0 Å². The fourth-order valence-electron chi connectivity index (χ4n) is 1.72. The first-order valence-electron chi connectivity index (χ1n) is 4.58. The van der Waals surface area contributed by atoms with Crippen LogP contribution in [0.2, 0.25) is 0 Å². The van der Waals surface area contributed by atoms with Crippen LogP contribution in [0.4, 0.5) is 5.82 Å². The van der Waals surface area contributed by atoms with E-state index in [0.717, 1.165) is 11.1 Å². The van der Waals surface area contributed by atoms with Crippen LogP contribution in [-0.4, -0.2) is 16.0 Å². The summed E-state index contributed by atoms with van der Waals surface area (Å²) in [5, 5.41) is 12.4. The Morgan fingerprint density at radius 2 is 2.07 bits per heavy atom. The lowest BCUT2D eigenvalue weighted by atomic mass is 10.0. The molecule has 2 heterocycles. The van der Waals surface area contributed by atoms with Crippen molar-refractivity contribution in [2.45, 2.75) is 26.7 Å². The van der Waals surface area contributed by atoms with Crippen molar-refractivity contribution in [3.05, 3.63) is 16.8 Å². The molecule has 1 amide bonds. The van der Waals surface area contributed by atoms with Crippen molar-refractivity contribution in [3.63, 3.8) is 0 Å². The number of nitrogens with zero attached hydrogens (tertiary/aromatic N) is 1. The van der Waals surface area contributed by atoms with Crippen molar-refractivity contribution in [1.29, 1.82) is 0 Å². The standard InChI is InChI=1S/C10H12N2O2/c1-5-7-3-4-8(13)12-10(7)11-6(2)9(5)14/h14H,3-4H2,1-2H3,(H,11,12,13). The van der Waals surface area contributed by atoms with Crippen molar-refractivity contribution in [3.8, 4) is 5.75 Å². The van der Waals surface area contributed by atoms with Gasteiger partial charge in [-0.2, -0.15) is 0 Å². The largest absolute Gasteiger partial charge is 0.506 e. The summed E-state index contributed by atoms with van der Waals surface area (Å²) >= 11 is 0. The van der Waals surface area contributed by atoms with Crippen LogP contribution in [-0.2, 0) is 11.2 Å². The molecule has 74 valence electrons. The summed E-state index contributed by atoms with van der Waals surface area (Å²) in [7, 11) is 0. The number of nitrogens with one attached hydrogen (secondary N) is 1. The fraction of sp³-hybridized carbons (Fsp3) is 0.400. The molecular weight excluding hydrogens is 180 g/mol. The van der Waals surface area contributed by atoms with Gasteiger partial charge in [-0.15, -0.1) is 0 Å². The van der Waals surface area contributed by atoms with E-state index in [1.807, 2.05) is 6.92 Å². The van der Waals surface area contributed by atoms with E-state index in [-0.39, 0.29) is 11.7 Å². The lowest BCUT2D eigenvalue weighted by Gasteiger charge is -2.19. The van der Waals surface area contributed by atoms with Crippen LogP contribution in [0.15, 0.2) is 0 Å². The van der Waals surface area contributed by atoms with E-state index >= 15 is 0 Å². The molecule has 1 aliphatic heterocycles. The Balaban J connectivity index is 2.59. The smallest absolute Gasteiger partial charge is 0.225 e. The third kappa shape index (κ3) is 1.23. The van der Waals surface area contributed by atoms with Crippen molar-refractivity contribution < 1.29 is 9.90 Å². The maximum absolute atomic E-state index is 11.1. The molecule has 2 rings (SSSR count). The molecule has 1 aromatic rings.